The highest BCUT2D eigenvalue weighted by Crippen LogP contribution is 2.25. The number of aliphatic imine (C=N–C) groups is 1. The fraction of sp³-hybridized carbons (Fsp3) is 0.667. The maximum Gasteiger partial charge on any atom is 0.193 e. The van der Waals surface area contributed by atoms with Crippen molar-refractivity contribution >= 4 is 5.96 Å². The highest BCUT2D eigenvalue weighted by molar-refractivity contribution is 5.79. The number of guanidine groups is 1. The Morgan fingerprint density at radius 2 is 2.18 bits per heavy atom. The molecule has 1 aliphatic heterocycles. The molecule has 1 aliphatic rings. The van der Waals surface area contributed by atoms with E-state index in [1.165, 1.54) is 0 Å². The number of rotatable bonds is 11. The van der Waals surface area contributed by atoms with Crippen LogP contribution in [-0.2, 0) is 16.0 Å². The number of nitrogens with zero attached hydrogens (tertiary/aromatic N) is 2. The van der Waals surface area contributed by atoms with E-state index >= 15 is 0 Å². The monoisotopic (exact) mass is 393 g/mol. The first kappa shape index (κ1) is 22.3. The Hall–Kier alpha value is -1.99. The fourth-order valence-corrected chi connectivity index (χ4v) is 3.10. The van der Waals surface area contributed by atoms with Gasteiger partial charge in [-0.3, -0.25) is 4.99 Å². The summed E-state index contributed by atoms with van der Waals surface area (Å²) in [5, 5.41) is 3.35. The van der Waals surface area contributed by atoms with E-state index in [2.05, 4.69) is 17.1 Å². The third kappa shape index (κ3) is 7.20. The summed E-state index contributed by atoms with van der Waals surface area (Å²) in [6.45, 7) is 7.55. The number of nitrogens with one attached hydrogen (secondary N) is 1. The SMILES string of the molecule is CCNC(=NCCCOCC1CCOC1)N(C)Cc1ccc(OC)cc1OC. The van der Waals surface area contributed by atoms with Gasteiger partial charge in [0, 0.05) is 57.4 Å². The molecule has 0 aliphatic carbocycles. The van der Waals surface area contributed by atoms with Gasteiger partial charge in [0.05, 0.1) is 27.4 Å². The van der Waals surface area contributed by atoms with Crippen molar-refractivity contribution in [1.82, 2.24) is 10.2 Å². The van der Waals surface area contributed by atoms with Crippen molar-refractivity contribution in [2.45, 2.75) is 26.3 Å². The summed E-state index contributed by atoms with van der Waals surface area (Å²) in [5.41, 5.74) is 1.08. The molecule has 158 valence electrons. The maximum atomic E-state index is 5.76. The van der Waals surface area contributed by atoms with Crippen LogP contribution in [0.2, 0.25) is 0 Å². The van der Waals surface area contributed by atoms with Crippen LogP contribution in [0.5, 0.6) is 11.5 Å². The van der Waals surface area contributed by atoms with Crippen molar-refractivity contribution < 1.29 is 18.9 Å². The average molecular weight is 394 g/mol. The molecule has 0 bridgehead atoms. The molecule has 0 saturated carbocycles. The molecular formula is C21H35N3O4. The molecule has 1 atom stereocenters. The number of hydrogen-bond donors (Lipinski definition) is 1. The van der Waals surface area contributed by atoms with Crippen molar-refractivity contribution in [1.29, 1.82) is 0 Å². The van der Waals surface area contributed by atoms with Crippen LogP contribution in [-0.4, -0.2) is 71.6 Å². The predicted octanol–water partition coefficient (Wildman–Crippen LogP) is 2.54. The summed E-state index contributed by atoms with van der Waals surface area (Å²) in [5.74, 6) is 3.04. The van der Waals surface area contributed by atoms with Crippen LogP contribution < -0.4 is 14.8 Å². The molecule has 7 heteroatoms. The molecule has 1 aromatic rings. The molecule has 0 aromatic heterocycles. The van der Waals surface area contributed by atoms with Crippen molar-refractivity contribution in [3.63, 3.8) is 0 Å². The van der Waals surface area contributed by atoms with Crippen LogP contribution in [0.25, 0.3) is 0 Å². The number of methoxy groups -OCH3 is 2. The Morgan fingerprint density at radius 3 is 2.86 bits per heavy atom. The van der Waals surface area contributed by atoms with E-state index in [1.54, 1.807) is 14.2 Å². The van der Waals surface area contributed by atoms with E-state index in [0.29, 0.717) is 12.5 Å². The summed E-state index contributed by atoms with van der Waals surface area (Å²) >= 11 is 0. The van der Waals surface area contributed by atoms with Crippen LogP contribution in [0.1, 0.15) is 25.3 Å². The van der Waals surface area contributed by atoms with Crippen molar-refractivity contribution in [3.05, 3.63) is 23.8 Å². The normalized spacial score (nSPS) is 16.9. The molecule has 7 nitrogen and oxygen atoms in total. The summed E-state index contributed by atoms with van der Waals surface area (Å²) in [7, 11) is 5.36. The third-order valence-corrected chi connectivity index (χ3v) is 4.68. The van der Waals surface area contributed by atoms with Gasteiger partial charge in [0.1, 0.15) is 11.5 Å². The highest BCUT2D eigenvalue weighted by Gasteiger charge is 2.15. The van der Waals surface area contributed by atoms with Gasteiger partial charge >= 0.3 is 0 Å². The molecular weight excluding hydrogens is 358 g/mol. The lowest BCUT2D eigenvalue weighted by atomic mass is 10.1. The molecule has 0 amide bonds. The Morgan fingerprint density at radius 1 is 1.32 bits per heavy atom. The van der Waals surface area contributed by atoms with Gasteiger partial charge < -0.3 is 29.2 Å². The maximum absolute atomic E-state index is 5.76. The van der Waals surface area contributed by atoms with Crippen LogP contribution in [0, 0.1) is 5.92 Å². The van der Waals surface area contributed by atoms with Gasteiger partial charge in [-0.1, -0.05) is 0 Å². The van der Waals surface area contributed by atoms with Crippen LogP contribution in [0.3, 0.4) is 0 Å². The molecule has 1 saturated heterocycles. The van der Waals surface area contributed by atoms with E-state index in [0.717, 1.165) is 75.4 Å². The van der Waals surface area contributed by atoms with Gasteiger partial charge in [-0.15, -0.1) is 0 Å². The number of benzene rings is 1. The van der Waals surface area contributed by atoms with E-state index in [4.69, 9.17) is 23.9 Å². The van der Waals surface area contributed by atoms with Crippen molar-refractivity contribution in [2.75, 3.05) is 60.8 Å². The molecule has 1 heterocycles. The molecule has 1 unspecified atom stereocenters. The van der Waals surface area contributed by atoms with E-state index in [1.807, 2.05) is 25.2 Å². The lowest BCUT2D eigenvalue weighted by Gasteiger charge is -2.23. The Balaban J connectivity index is 1.82. The summed E-state index contributed by atoms with van der Waals surface area (Å²) in [6.07, 6.45) is 2.02. The van der Waals surface area contributed by atoms with Crippen LogP contribution in [0.4, 0.5) is 0 Å². The molecule has 0 spiro atoms. The van der Waals surface area contributed by atoms with Crippen LogP contribution >= 0.6 is 0 Å². The fourth-order valence-electron chi connectivity index (χ4n) is 3.10. The van der Waals surface area contributed by atoms with Gasteiger partial charge in [0.25, 0.3) is 0 Å². The summed E-state index contributed by atoms with van der Waals surface area (Å²) < 4.78 is 21.9. The second-order valence-corrected chi connectivity index (χ2v) is 6.93. The summed E-state index contributed by atoms with van der Waals surface area (Å²) in [6, 6.07) is 5.88. The Kier molecular flexibility index (Phi) is 9.93. The average Bonchev–Trinajstić information content (AvgIpc) is 3.23. The van der Waals surface area contributed by atoms with E-state index in [9.17, 15) is 0 Å². The standard InChI is InChI=1S/C21H35N3O4/c1-5-22-21(23-10-6-11-27-15-17-9-12-28-16-17)24(2)14-18-7-8-19(25-3)13-20(18)26-4/h7-8,13,17H,5-6,9-12,14-16H2,1-4H3,(H,22,23). The molecule has 1 aromatic carbocycles. The Labute approximate surface area is 169 Å². The van der Waals surface area contributed by atoms with Gasteiger partial charge in [-0.25, -0.2) is 0 Å². The molecule has 2 rings (SSSR count). The highest BCUT2D eigenvalue weighted by atomic mass is 16.5. The van der Waals surface area contributed by atoms with E-state index < -0.39 is 0 Å². The quantitative estimate of drug-likeness (QED) is 0.354. The minimum absolute atomic E-state index is 0.562. The lowest BCUT2D eigenvalue weighted by Crippen LogP contribution is -2.38. The van der Waals surface area contributed by atoms with Crippen molar-refractivity contribution in [3.8, 4) is 11.5 Å². The Bertz CT molecular complexity index is 603. The zero-order chi connectivity index (χ0) is 20.2. The first-order valence-corrected chi connectivity index (χ1v) is 10.0. The van der Waals surface area contributed by atoms with Crippen LogP contribution in [0.15, 0.2) is 23.2 Å². The topological polar surface area (TPSA) is 64.6 Å². The minimum atomic E-state index is 0.562. The summed E-state index contributed by atoms with van der Waals surface area (Å²) in [4.78, 5) is 6.83. The lowest BCUT2D eigenvalue weighted by molar-refractivity contribution is 0.0893. The number of ether oxygens (including phenoxy) is 4. The molecule has 0 radical (unpaired) electrons. The third-order valence-electron chi connectivity index (χ3n) is 4.68. The molecule has 1 N–H and O–H groups in total. The first-order valence-electron chi connectivity index (χ1n) is 10.0. The van der Waals surface area contributed by atoms with Gasteiger partial charge in [0.15, 0.2) is 5.96 Å². The first-order chi connectivity index (χ1) is 13.7. The predicted molar refractivity (Wildman–Crippen MR) is 111 cm³/mol. The number of hydrogen-bond acceptors (Lipinski definition) is 5. The molecule has 1 fully saturated rings. The second kappa shape index (κ2) is 12.5. The smallest absolute Gasteiger partial charge is 0.193 e. The molecule has 28 heavy (non-hydrogen) atoms. The van der Waals surface area contributed by atoms with E-state index in [-0.39, 0.29) is 0 Å². The van der Waals surface area contributed by atoms with Gasteiger partial charge in [0.2, 0.25) is 0 Å². The van der Waals surface area contributed by atoms with Gasteiger partial charge in [-0.05, 0) is 31.9 Å². The zero-order valence-electron chi connectivity index (χ0n) is 17.7. The minimum Gasteiger partial charge on any atom is -0.497 e. The zero-order valence-corrected chi connectivity index (χ0v) is 17.7. The van der Waals surface area contributed by atoms with Crippen molar-refractivity contribution in [2.24, 2.45) is 10.9 Å². The second-order valence-electron chi connectivity index (χ2n) is 6.93. The van der Waals surface area contributed by atoms with Gasteiger partial charge in [-0.2, -0.15) is 0 Å². The largest absolute Gasteiger partial charge is 0.497 e.